The van der Waals surface area contributed by atoms with Gasteiger partial charge in [0.15, 0.2) is 0 Å². The fraction of sp³-hybridized carbons (Fsp3) is 0.353. The first-order valence-corrected chi connectivity index (χ1v) is 8.07. The smallest absolute Gasteiger partial charge is 0.119 e. The first kappa shape index (κ1) is 15.7. The molecule has 0 unspecified atom stereocenters. The molecule has 4 heteroatoms. The summed E-state index contributed by atoms with van der Waals surface area (Å²) in [6.07, 6.45) is 2.83. The molecule has 0 aliphatic heterocycles. The van der Waals surface area contributed by atoms with E-state index in [0.29, 0.717) is 6.61 Å². The van der Waals surface area contributed by atoms with Gasteiger partial charge >= 0.3 is 0 Å². The molecule has 0 fully saturated rings. The van der Waals surface area contributed by atoms with Gasteiger partial charge < -0.3 is 10.1 Å². The number of aryl methyl sites for hydroxylation is 1. The van der Waals surface area contributed by atoms with Crippen molar-refractivity contribution in [2.75, 3.05) is 19.7 Å². The van der Waals surface area contributed by atoms with Crippen molar-refractivity contribution >= 4 is 11.3 Å². The highest BCUT2D eigenvalue weighted by molar-refractivity contribution is 7.12. The first-order valence-electron chi connectivity index (χ1n) is 7.25. The zero-order valence-corrected chi connectivity index (χ0v) is 13.5. The molecule has 2 aromatic rings. The van der Waals surface area contributed by atoms with Crippen LogP contribution in [0.25, 0.3) is 11.3 Å². The lowest BCUT2D eigenvalue weighted by atomic mass is 10.1. The van der Waals surface area contributed by atoms with E-state index < -0.39 is 0 Å². The number of benzene rings is 1. The molecule has 1 aromatic heterocycles. The average molecular weight is 302 g/mol. The predicted octanol–water partition coefficient (Wildman–Crippen LogP) is 3.84. The number of aromatic nitrogens is 1. The molecule has 3 nitrogen and oxygen atoms in total. The zero-order chi connectivity index (χ0) is 15.1. The third-order valence-electron chi connectivity index (χ3n) is 3.08. The Hall–Kier alpha value is -1.65. The van der Waals surface area contributed by atoms with Gasteiger partial charge in [-0.15, -0.1) is 17.9 Å². The van der Waals surface area contributed by atoms with Crippen molar-refractivity contribution in [1.29, 1.82) is 0 Å². The van der Waals surface area contributed by atoms with Crippen molar-refractivity contribution < 1.29 is 4.74 Å². The first-order chi connectivity index (χ1) is 10.2. The summed E-state index contributed by atoms with van der Waals surface area (Å²) in [5.41, 5.74) is 2.24. The number of ether oxygens (including phenoxy) is 1. The second-order valence-corrected chi connectivity index (χ2v) is 6.00. The highest BCUT2D eigenvalue weighted by atomic mass is 32.1. The third-order valence-corrected chi connectivity index (χ3v) is 4.11. The Morgan fingerprint density at radius 3 is 2.76 bits per heavy atom. The number of hydrogen-bond acceptors (Lipinski definition) is 4. The van der Waals surface area contributed by atoms with E-state index >= 15 is 0 Å². The van der Waals surface area contributed by atoms with Crippen LogP contribution in [0.4, 0.5) is 0 Å². The summed E-state index contributed by atoms with van der Waals surface area (Å²) in [6, 6.07) is 8.16. The lowest BCUT2D eigenvalue weighted by Gasteiger charge is -2.04. The van der Waals surface area contributed by atoms with Gasteiger partial charge in [0, 0.05) is 30.0 Å². The Morgan fingerprint density at radius 2 is 2.10 bits per heavy atom. The van der Waals surface area contributed by atoms with E-state index in [2.05, 4.69) is 31.0 Å². The van der Waals surface area contributed by atoms with E-state index in [-0.39, 0.29) is 0 Å². The van der Waals surface area contributed by atoms with Crippen LogP contribution in [0.5, 0.6) is 5.75 Å². The molecule has 0 aliphatic carbocycles. The second kappa shape index (κ2) is 7.96. The van der Waals surface area contributed by atoms with Crippen LogP contribution in [-0.2, 0) is 6.42 Å². The molecule has 2 rings (SSSR count). The van der Waals surface area contributed by atoms with Crippen LogP contribution in [0.15, 0.2) is 36.9 Å². The minimum Gasteiger partial charge on any atom is -0.494 e. The van der Waals surface area contributed by atoms with Crippen LogP contribution >= 0.6 is 11.3 Å². The Kier molecular flexibility index (Phi) is 5.96. The maximum absolute atomic E-state index is 5.47. The predicted molar refractivity (Wildman–Crippen MR) is 90.2 cm³/mol. The quantitative estimate of drug-likeness (QED) is 0.594. The normalized spacial score (nSPS) is 10.6. The van der Waals surface area contributed by atoms with E-state index in [0.717, 1.165) is 36.5 Å². The molecule has 1 aromatic carbocycles. The highest BCUT2D eigenvalue weighted by Crippen LogP contribution is 2.29. The number of rotatable bonds is 8. The van der Waals surface area contributed by atoms with Gasteiger partial charge in [-0.05, 0) is 38.1 Å². The second-order valence-electron chi connectivity index (χ2n) is 4.71. The summed E-state index contributed by atoms with van der Waals surface area (Å²) in [5, 5.41) is 4.48. The molecule has 1 heterocycles. The number of hydrogen-bond donors (Lipinski definition) is 1. The Bertz CT molecular complexity index is 575. The lowest BCUT2D eigenvalue weighted by Crippen LogP contribution is -2.16. The van der Waals surface area contributed by atoms with Crippen LogP contribution in [0.3, 0.4) is 0 Å². The van der Waals surface area contributed by atoms with Gasteiger partial charge in [0.2, 0.25) is 0 Å². The zero-order valence-electron chi connectivity index (χ0n) is 12.7. The standard InChI is InChI=1S/C17H22N2OS/c1-4-11-18-12-10-16-19-17(13(3)21-16)14-6-8-15(9-7-14)20-5-2/h4,6-9,18H,1,5,10-12H2,2-3H3. The maximum atomic E-state index is 5.47. The molecular formula is C17H22N2OS. The Morgan fingerprint density at radius 1 is 1.33 bits per heavy atom. The van der Waals surface area contributed by atoms with E-state index in [1.165, 1.54) is 9.88 Å². The molecule has 0 radical (unpaired) electrons. The number of nitrogens with zero attached hydrogens (tertiary/aromatic N) is 1. The SMILES string of the molecule is C=CCNCCc1nc(-c2ccc(OCC)cc2)c(C)s1. The van der Waals surface area contributed by atoms with E-state index in [1.54, 1.807) is 11.3 Å². The third kappa shape index (κ3) is 4.41. The topological polar surface area (TPSA) is 34.2 Å². The molecule has 0 atom stereocenters. The Balaban J connectivity index is 2.05. The molecule has 0 saturated carbocycles. The van der Waals surface area contributed by atoms with Gasteiger partial charge in [-0.25, -0.2) is 4.98 Å². The van der Waals surface area contributed by atoms with Gasteiger partial charge in [-0.1, -0.05) is 6.08 Å². The number of thiazole rings is 1. The molecule has 0 amide bonds. The van der Waals surface area contributed by atoms with Gasteiger partial charge in [0.1, 0.15) is 5.75 Å². The molecule has 1 N–H and O–H groups in total. The summed E-state index contributed by atoms with van der Waals surface area (Å²) in [6.45, 7) is 10.3. The van der Waals surface area contributed by atoms with Crippen LogP contribution in [-0.4, -0.2) is 24.7 Å². The molecule has 0 spiro atoms. The van der Waals surface area contributed by atoms with Crippen LogP contribution < -0.4 is 10.1 Å². The average Bonchev–Trinajstić information content (AvgIpc) is 2.86. The van der Waals surface area contributed by atoms with E-state index in [9.17, 15) is 0 Å². The summed E-state index contributed by atoms with van der Waals surface area (Å²) in [5.74, 6) is 0.906. The fourth-order valence-corrected chi connectivity index (χ4v) is 3.06. The van der Waals surface area contributed by atoms with Crippen molar-refractivity contribution in [3.63, 3.8) is 0 Å². The number of nitrogens with one attached hydrogen (secondary N) is 1. The summed E-state index contributed by atoms with van der Waals surface area (Å²) < 4.78 is 5.47. The van der Waals surface area contributed by atoms with Gasteiger partial charge in [-0.2, -0.15) is 0 Å². The lowest BCUT2D eigenvalue weighted by molar-refractivity contribution is 0.340. The Labute approximate surface area is 130 Å². The molecular weight excluding hydrogens is 280 g/mol. The van der Waals surface area contributed by atoms with Crippen LogP contribution in [0.2, 0.25) is 0 Å². The van der Waals surface area contributed by atoms with Crippen LogP contribution in [0.1, 0.15) is 16.8 Å². The monoisotopic (exact) mass is 302 g/mol. The summed E-state index contributed by atoms with van der Waals surface area (Å²) in [4.78, 5) is 6.03. The van der Waals surface area contributed by atoms with Crippen molar-refractivity contribution in [2.24, 2.45) is 0 Å². The van der Waals surface area contributed by atoms with Crippen molar-refractivity contribution in [1.82, 2.24) is 10.3 Å². The van der Waals surface area contributed by atoms with E-state index in [4.69, 9.17) is 9.72 Å². The molecule has 21 heavy (non-hydrogen) atoms. The van der Waals surface area contributed by atoms with Crippen molar-refractivity contribution in [3.05, 3.63) is 46.8 Å². The summed E-state index contributed by atoms with van der Waals surface area (Å²) in [7, 11) is 0. The van der Waals surface area contributed by atoms with E-state index in [1.807, 2.05) is 25.1 Å². The van der Waals surface area contributed by atoms with Gasteiger partial charge in [-0.3, -0.25) is 0 Å². The fourth-order valence-electron chi connectivity index (χ4n) is 2.10. The largest absolute Gasteiger partial charge is 0.494 e. The van der Waals surface area contributed by atoms with Gasteiger partial charge in [0.25, 0.3) is 0 Å². The minimum absolute atomic E-state index is 0.691. The van der Waals surface area contributed by atoms with Crippen molar-refractivity contribution in [2.45, 2.75) is 20.3 Å². The van der Waals surface area contributed by atoms with Crippen LogP contribution in [0, 0.1) is 6.92 Å². The maximum Gasteiger partial charge on any atom is 0.119 e. The molecule has 112 valence electrons. The highest BCUT2D eigenvalue weighted by Gasteiger charge is 2.09. The molecule has 0 aliphatic rings. The van der Waals surface area contributed by atoms with Gasteiger partial charge in [0.05, 0.1) is 17.3 Å². The minimum atomic E-state index is 0.691. The summed E-state index contributed by atoms with van der Waals surface area (Å²) >= 11 is 1.77. The molecule has 0 saturated heterocycles. The molecule has 0 bridgehead atoms. The van der Waals surface area contributed by atoms with Crippen molar-refractivity contribution in [3.8, 4) is 17.0 Å².